The number of nitrogens with zero attached hydrogens (tertiary/aromatic N) is 1. The molecule has 3 rings (SSSR count). The minimum Gasteiger partial charge on any atom is -0.467 e. The number of furan rings is 1. The number of rotatable bonds is 5. The Bertz CT molecular complexity index is 512. The minimum atomic E-state index is -0.409. The number of hydrogen-bond acceptors (Lipinski definition) is 3. The fraction of sp³-hybridized carbons (Fsp3) is 0.375. The molecule has 1 saturated carbocycles. The van der Waals surface area contributed by atoms with E-state index in [4.69, 9.17) is 4.42 Å². The van der Waals surface area contributed by atoms with Gasteiger partial charge in [0.15, 0.2) is 0 Å². The largest absolute Gasteiger partial charge is 0.467 e. The molecule has 0 amide bonds. The lowest BCUT2D eigenvalue weighted by Crippen LogP contribution is -2.24. The van der Waals surface area contributed by atoms with E-state index < -0.39 is 6.10 Å². The van der Waals surface area contributed by atoms with E-state index in [-0.39, 0.29) is 0 Å². The Morgan fingerprint density at radius 3 is 2.53 bits per heavy atom. The summed E-state index contributed by atoms with van der Waals surface area (Å²) in [5.74, 6) is 0.992. The Morgan fingerprint density at radius 2 is 2.00 bits per heavy atom. The SMILES string of the molecule is CC(O)c1ccc(N(Cc2ccco2)C2CC2)cc1. The molecule has 1 aromatic heterocycles. The van der Waals surface area contributed by atoms with Crippen molar-refractivity contribution in [2.24, 2.45) is 0 Å². The lowest BCUT2D eigenvalue weighted by atomic mass is 10.1. The van der Waals surface area contributed by atoms with Crippen molar-refractivity contribution in [2.45, 2.75) is 38.5 Å². The van der Waals surface area contributed by atoms with E-state index in [2.05, 4.69) is 17.0 Å². The quantitative estimate of drug-likeness (QED) is 0.890. The first-order valence-corrected chi connectivity index (χ1v) is 6.81. The third-order valence-electron chi connectivity index (χ3n) is 3.60. The number of aliphatic hydroxyl groups excluding tert-OH is 1. The van der Waals surface area contributed by atoms with Crippen molar-refractivity contribution in [3.05, 3.63) is 54.0 Å². The van der Waals surface area contributed by atoms with Crippen LogP contribution in [0.5, 0.6) is 0 Å². The van der Waals surface area contributed by atoms with E-state index in [0.717, 1.165) is 17.9 Å². The first-order chi connectivity index (χ1) is 9.24. The summed E-state index contributed by atoms with van der Waals surface area (Å²) in [6.45, 7) is 2.60. The van der Waals surface area contributed by atoms with E-state index in [1.807, 2.05) is 24.3 Å². The molecule has 3 heteroatoms. The van der Waals surface area contributed by atoms with Gasteiger partial charge in [-0.3, -0.25) is 0 Å². The van der Waals surface area contributed by atoms with Crippen molar-refractivity contribution in [2.75, 3.05) is 4.90 Å². The summed E-state index contributed by atoms with van der Waals surface area (Å²) in [6, 6.07) is 12.7. The Hall–Kier alpha value is -1.74. The second kappa shape index (κ2) is 5.10. The molecule has 100 valence electrons. The molecule has 1 aliphatic carbocycles. The van der Waals surface area contributed by atoms with Crippen LogP contribution in [0.2, 0.25) is 0 Å². The molecule has 1 fully saturated rings. The first-order valence-electron chi connectivity index (χ1n) is 6.81. The summed E-state index contributed by atoms with van der Waals surface area (Å²) < 4.78 is 5.44. The zero-order chi connectivity index (χ0) is 13.2. The predicted molar refractivity (Wildman–Crippen MR) is 75.0 cm³/mol. The summed E-state index contributed by atoms with van der Waals surface area (Å²) in [4.78, 5) is 2.38. The normalized spacial score (nSPS) is 16.3. The molecule has 1 aromatic carbocycles. The summed E-state index contributed by atoms with van der Waals surface area (Å²) in [6.07, 6.45) is 3.81. The summed E-state index contributed by atoms with van der Waals surface area (Å²) in [5, 5.41) is 9.55. The van der Waals surface area contributed by atoms with E-state index in [1.165, 1.54) is 18.5 Å². The lowest BCUT2D eigenvalue weighted by molar-refractivity contribution is 0.199. The maximum atomic E-state index is 9.55. The van der Waals surface area contributed by atoms with Crippen LogP contribution in [0.3, 0.4) is 0 Å². The summed E-state index contributed by atoms with van der Waals surface area (Å²) in [5.41, 5.74) is 2.15. The molecule has 19 heavy (non-hydrogen) atoms. The third kappa shape index (κ3) is 2.82. The van der Waals surface area contributed by atoms with Gasteiger partial charge in [0.2, 0.25) is 0 Å². The molecule has 0 bridgehead atoms. The topological polar surface area (TPSA) is 36.6 Å². The van der Waals surface area contributed by atoms with Gasteiger partial charge in [-0.05, 0) is 49.6 Å². The molecular formula is C16H19NO2. The van der Waals surface area contributed by atoms with Gasteiger partial charge in [0.25, 0.3) is 0 Å². The average Bonchev–Trinajstić information content (AvgIpc) is 3.13. The van der Waals surface area contributed by atoms with E-state index >= 15 is 0 Å². The molecule has 0 spiro atoms. The maximum absolute atomic E-state index is 9.55. The molecule has 2 aromatic rings. The molecule has 3 nitrogen and oxygen atoms in total. The average molecular weight is 257 g/mol. The Morgan fingerprint density at radius 1 is 1.26 bits per heavy atom. The van der Waals surface area contributed by atoms with Gasteiger partial charge in [-0.15, -0.1) is 0 Å². The highest BCUT2D eigenvalue weighted by Crippen LogP contribution is 2.33. The maximum Gasteiger partial charge on any atom is 0.123 e. The van der Waals surface area contributed by atoms with Crippen LogP contribution in [-0.4, -0.2) is 11.1 Å². The molecule has 1 heterocycles. The van der Waals surface area contributed by atoms with Gasteiger partial charge in [0.05, 0.1) is 18.9 Å². The van der Waals surface area contributed by atoms with Crippen molar-refractivity contribution >= 4 is 5.69 Å². The smallest absolute Gasteiger partial charge is 0.123 e. The van der Waals surface area contributed by atoms with Crippen molar-refractivity contribution < 1.29 is 9.52 Å². The number of aliphatic hydroxyl groups is 1. The third-order valence-corrected chi connectivity index (χ3v) is 3.60. The highest BCUT2D eigenvalue weighted by atomic mass is 16.3. The van der Waals surface area contributed by atoms with Gasteiger partial charge in [-0.25, -0.2) is 0 Å². The first kappa shape index (κ1) is 12.3. The van der Waals surface area contributed by atoms with Crippen LogP contribution in [0.1, 0.15) is 37.2 Å². The van der Waals surface area contributed by atoms with Crippen LogP contribution < -0.4 is 4.90 Å². The van der Waals surface area contributed by atoms with Gasteiger partial charge >= 0.3 is 0 Å². The highest BCUT2D eigenvalue weighted by Gasteiger charge is 2.29. The van der Waals surface area contributed by atoms with Crippen molar-refractivity contribution in [3.63, 3.8) is 0 Å². The van der Waals surface area contributed by atoms with E-state index in [9.17, 15) is 5.11 Å². The fourth-order valence-electron chi connectivity index (χ4n) is 2.33. The van der Waals surface area contributed by atoms with E-state index in [0.29, 0.717) is 6.04 Å². The van der Waals surface area contributed by atoms with Crippen LogP contribution in [0.4, 0.5) is 5.69 Å². The number of anilines is 1. The predicted octanol–water partition coefficient (Wildman–Crippen LogP) is 3.50. The monoisotopic (exact) mass is 257 g/mol. The van der Waals surface area contributed by atoms with Crippen LogP contribution >= 0.6 is 0 Å². The zero-order valence-corrected chi connectivity index (χ0v) is 11.1. The van der Waals surface area contributed by atoms with Crippen LogP contribution in [0, 0.1) is 0 Å². The molecule has 0 aliphatic heterocycles. The van der Waals surface area contributed by atoms with Crippen molar-refractivity contribution in [3.8, 4) is 0 Å². The number of benzene rings is 1. The molecule has 1 aliphatic rings. The summed E-state index contributed by atoms with van der Waals surface area (Å²) in [7, 11) is 0. The van der Waals surface area contributed by atoms with E-state index in [1.54, 1.807) is 13.2 Å². The minimum absolute atomic E-state index is 0.409. The molecule has 0 radical (unpaired) electrons. The molecule has 1 unspecified atom stereocenters. The van der Waals surface area contributed by atoms with Crippen LogP contribution in [-0.2, 0) is 6.54 Å². The fourth-order valence-corrected chi connectivity index (χ4v) is 2.33. The Labute approximate surface area is 113 Å². The molecular weight excluding hydrogens is 238 g/mol. The van der Waals surface area contributed by atoms with Gasteiger partial charge < -0.3 is 14.4 Å². The molecule has 1 N–H and O–H groups in total. The van der Waals surface area contributed by atoms with Crippen LogP contribution in [0.15, 0.2) is 47.1 Å². The molecule has 1 atom stereocenters. The van der Waals surface area contributed by atoms with Gasteiger partial charge in [0, 0.05) is 11.7 Å². The lowest BCUT2D eigenvalue weighted by Gasteiger charge is -2.24. The van der Waals surface area contributed by atoms with Gasteiger partial charge in [-0.1, -0.05) is 12.1 Å². The second-order valence-electron chi connectivity index (χ2n) is 5.21. The standard InChI is InChI=1S/C16H19NO2/c1-12(18)13-4-6-14(7-5-13)17(15-8-9-15)11-16-3-2-10-19-16/h2-7,10,12,15,18H,8-9,11H2,1H3. The van der Waals surface area contributed by atoms with Gasteiger partial charge in [-0.2, -0.15) is 0 Å². The van der Waals surface area contributed by atoms with Crippen molar-refractivity contribution in [1.29, 1.82) is 0 Å². The van der Waals surface area contributed by atoms with Gasteiger partial charge in [0.1, 0.15) is 5.76 Å². The highest BCUT2D eigenvalue weighted by molar-refractivity contribution is 5.50. The van der Waals surface area contributed by atoms with Crippen LogP contribution in [0.25, 0.3) is 0 Å². The molecule has 0 saturated heterocycles. The summed E-state index contributed by atoms with van der Waals surface area (Å²) >= 11 is 0. The van der Waals surface area contributed by atoms with Crippen molar-refractivity contribution in [1.82, 2.24) is 0 Å². The zero-order valence-electron chi connectivity index (χ0n) is 11.1. The Kier molecular flexibility index (Phi) is 3.30. The second-order valence-corrected chi connectivity index (χ2v) is 5.21. The Balaban J connectivity index is 1.79. The number of hydrogen-bond donors (Lipinski definition) is 1.